The van der Waals surface area contributed by atoms with Gasteiger partial charge in [0.1, 0.15) is 9.74 Å². The fraction of sp³-hybridized carbons (Fsp3) is 0.895. The number of sulfonamides is 1. The maximum absolute atomic E-state index is 12.3. The molecule has 26 heavy (non-hydrogen) atoms. The topological polar surface area (TPSA) is 90.2 Å². The van der Waals surface area contributed by atoms with E-state index < -0.39 is 15.6 Å². The molecule has 0 aliphatic carbocycles. The van der Waals surface area contributed by atoms with Crippen LogP contribution in [0.15, 0.2) is 0 Å². The minimum absolute atomic E-state index is 0.0254. The highest BCUT2D eigenvalue weighted by atomic mass is 32.2. The molecule has 0 rings (SSSR count). The van der Waals surface area contributed by atoms with Gasteiger partial charge in [-0.1, -0.05) is 76.9 Å². The SMILES string of the molecule is CCCCCCCCCCCCC(=S)S(=O)(=O)NC(C)(C#N)CCCO. The van der Waals surface area contributed by atoms with Gasteiger partial charge in [-0.25, -0.2) is 8.42 Å². The first kappa shape index (κ1) is 25.4. The zero-order valence-corrected chi connectivity index (χ0v) is 18.1. The summed E-state index contributed by atoms with van der Waals surface area (Å²) in [6, 6.07) is 1.97. The van der Waals surface area contributed by atoms with Crippen molar-refractivity contribution in [2.45, 2.75) is 103 Å². The second-order valence-corrected chi connectivity index (χ2v) is 9.64. The maximum atomic E-state index is 12.3. The number of rotatable bonds is 16. The van der Waals surface area contributed by atoms with Crippen LogP contribution in [0, 0.1) is 11.3 Å². The van der Waals surface area contributed by atoms with Crippen LogP contribution in [0.1, 0.15) is 97.3 Å². The third-order valence-electron chi connectivity index (χ3n) is 4.48. The predicted molar refractivity (Wildman–Crippen MR) is 111 cm³/mol. The number of unbranched alkanes of at least 4 members (excludes halogenated alkanes) is 9. The number of nitrogens with zero attached hydrogens (tertiary/aromatic N) is 1. The summed E-state index contributed by atoms with van der Waals surface area (Å²) in [6.07, 6.45) is 12.8. The average molecular weight is 405 g/mol. The summed E-state index contributed by atoms with van der Waals surface area (Å²) in [5.41, 5.74) is -1.23. The van der Waals surface area contributed by atoms with Gasteiger partial charge in [-0.05, 0) is 32.6 Å². The number of aliphatic hydroxyl groups is 1. The lowest BCUT2D eigenvalue weighted by Crippen LogP contribution is -2.47. The van der Waals surface area contributed by atoms with Crippen molar-refractivity contribution in [2.24, 2.45) is 0 Å². The van der Waals surface area contributed by atoms with Gasteiger partial charge >= 0.3 is 0 Å². The van der Waals surface area contributed by atoms with Crippen LogP contribution >= 0.6 is 12.2 Å². The highest BCUT2D eigenvalue weighted by molar-refractivity contribution is 8.16. The van der Waals surface area contributed by atoms with Crippen LogP contribution in [0.3, 0.4) is 0 Å². The molecule has 0 fully saturated rings. The first-order chi connectivity index (χ1) is 12.3. The monoisotopic (exact) mass is 404 g/mol. The number of nitrogens with one attached hydrogen (secondary N) is 1. The average Bonchev–Trinajstić information content (AvgIpc) is 2.61. The second kappa shape index (κ2) is 14.5. The lowest BCUT2D eigenvalue weighted by atomic mass is 10.00. The first-order valence-corrected chi connectivity index (χ1v) is 11.8. The van der Waals surface area contributed by atoms with Crippen LogP contribution in [0.2, 0.25) is 0 Å². The summed E-state index contributed by atoms with van der Waals surface area (Å²) >= 11 is 5.07. The molecule has 2 N–H and O–H groups in total. The normalized spacial score (nSPS) is 13.9. The minimum atomic E-state index is -3.79. The number of nitriles is 1. The Balaban J connectivity index is 4.02. The van der Waals surface area contributed by atoms with E-state index in [0.29, 0.717) is 12.8 Å². The third kappa shape index (κ3) is 11.9. The summed E-state index contributed by atoms with van der Waals surface area (Å²) in [7, 11) is -3.79. The molecule has 0 heterocycles. The molecule has 0 spiro atoms. The Morgan fingerprint density at radius 3 is 2.00 bits per heavy atom. The lowest BCUT2D eigenvalue weighted by Gasteiger charge is -2.22. The van der Waals surface area contributed by atoms with E-state index in [4.69, 9.17) is 17.3 Å². The molecule has 0 aliphatic heterocycles. The molecule has 0 aromatic carbocycles. The molecule has 1 unspecified atom stereocenters. The molecule has 0 saturated heterocycles. The van der Waals surface area contributed by atoms with Gasteiger partial charge in [0.25, 0.3) is 0 Å². The van der Waals surface area contributed by atoms with E-state index in [1.54, 1.807) is 0 Å². The molecule has 5 nitrogen and oxygen atoms in total. The smallest absolute Gasteiger partial charge is 0.248 e. The Hall–Kier alpha value is -0.550. The van der Waals surface area contributed by atoms with Gasteiger partial charge < -0.3 is 5.11 Å². The summed E-state index contributed by atoms with van der Waals surface area (Å²) < 4.78 is 27.0. The highest BCUT2D eigenvalue weighted by Crippen LogP contribution is 2.16. The predicted octanol–water partition coefficient (Wildman–Crippen LogP) is 4.60. The molecule has 0 amide bonds. The van der Waals surface area contributed by atoms with E-state index in [0.717, 1.165) is 19.3 Å². The summed E-state index contributed by atoms with van der Waals surface area (Å²) in [5, 5.41) is 18.1. The standard InChI is InChI=1S/C19H36N2O3S2/c1-3-4-5-6-7-8-9-10-11-12-14-18(25)26(23,24)21-19(2,17-20)15-13-16-22/h21-22H,3-16H2,1-2H3. The number of aliphatic hydroxyl groups excluding tert-OH is 1. The Morgan fingerprint density at radius 2 is 1.54 bits per heavy atom. The van der Waals surface area contributed by atoms with Crippen molar-refractivity contribution in [1.82, 2.24) is 4.72 Å². The molecule has 0 saturated carbocycles. The fourth-order valence-electron chi connectivity index (χ4n) is 2.81. The van der Waals surface area contributed by atoms with Crippen LogP contribution in [0.5, 0.6) is 0 Å². The van der Waals surface area contributed by atoms with Crippen LogP contribution in [0.25, 0.3) is 0 Å². The molecule has 1 atom stereocenters. The molecular weight excluding hydrogens is 368 g/mol. The molecule has 152 valence electrons. The molecule has 0 bridgehead atoms. The van der Waals surface area contributed by atoms with E-state index in [1.165, 1.54) is 51.9 Å². The quantitative estimate of drug-likeness (QED) is 0.290. The van der Waals surface area contributed by atoms with Crippen molar-refractivity contribution in [3.05, 3.63) is 0 Å². The van der Waals surface area contributed by atoms with Crippen LogP contribution < -0.4 is 4.72 Å². The zero-order chi connectivity index (χ0) is 19.9. The molecule has 0 radical (unpaired) electrons. The van der Waals surface area contributed by atoms with E-state index in [1.807, 2.05) is 6.07 Å². The molecule has 0 aliphatic rings. The molecule has 0 aromatic heterocycles. The van der Waals surface area contributed by atoms with Crippen molar-refractivity contribution in [3.8, 4) is 6.07 Å². The lowest BCUT2D eigenvalue weighted by molar-refractivity contribution is 0.272. The van der Waals surface area contributed by atoms with E-state index in [2.05, 4.69) is 11.6 Å². The molecular formula is C19H36N2O3S2. The van der Waals surface area contributed by atoms with E-state index in [-0.39, 0.29) is 17.2 Å². The Bertz CT molecular complexity index is 529. The van der Waals surface area contributed by atoms with E-state index >= 15 is 0 Å². The van der Waals surface area contributed by atoms with Crippen LogP contribution in [-0.4, -0.2) is 29.9 Å². The maximum Gasteiger partial charge on any atom is 0.248 e. The van der Waals surface area contributed by atoms with Crippen LogP contribution in [0.4, 0.5) is 0 Å². The number of hydrogen-bond acceptors (Lipinski definition) is 5. The van der Waals surface area contributed by atoms with Gasteiger partial charge in [-0.2, -0.15) is 9.98 Å². The second-order valence-electron chi connectivity index (χ2n) is 7.18. The zero-order valence-electron chi connectivity index (χ0n) is 16.4. The number of hydrogen-bond donors (Lipinski definition) is 2. The molecule has 0 aromatic rings. The Kier molecular flexibility index (Phi) is 14.2. The van der Waals surface area contributed by atoms with Gasteiger partial charge in [0.15, 0.2) is 0 Å². The van der Waals surface area contributed by atoms with Crippen molar-refractivity contribution in [1.29, 1.82) is 5.26 Å². The molecule has 7 heteroatoms. The van der Waals surface area contributed by atoms with Crippen LogP contribution in [-0.2, 0) is 10.0 Å². The van der Waals surface area contributed by atoms with Gasteiger partial charge in [0, 0.05) is 6.61 Å². The minimum Gasteiger partial charge on any atom is -0.396 e. The number of thiocarbonyl (C=S) groups is 1. The van der Waals surface area contributed by atoms with E-state index in [9.17, 15) is 13.7 Å². The summed E-state index contributed by atoms with van der Waals surface area (Å²) in [4.78, 5) is 0. The largest absolute Gasteiger partial charge is 0.396 e. The van der Waals surface area contributed by atoms with Gasteiger partial charge in [0.05, 0.1) is 6.07 Å². The van der Waals surface area contributed by atoms with Crippen molar-refractivity contribution in [2.75, 3.05) is 6.61 Å². The third-order valence-corrected chi connectivity index (χ3v) is 6.86. The van der Waals surface area contributed by atoms with Crippen molar-refractivity contribution in [3.63, 3.8) is 0 Å². The van der Waals surface area contributed by atoms with Crippen molar-refractivity contribution < 1.29 is 13.5 Å². The van der Waals surface area contributed by atoms with Gasteiger partial charge in [-0.3, -0.25) is 0 Å². The first-order valence-electron chi connectivity index (χ1n) is 9.90. The van der Waals surface area contributed by atoms with Crippen molar-refractivity contribution >= 4 is 26.4 Å². The van der Waals surface area contributed by atoms with Gasteiger partial charge in [-0.15, -0.1) is 0 Å². The fourth-order valence-corrected chi connectivity index (χ4v) is 4.34. The Labute approximate surface area is 165 Å². The highest BCUT2D eigenvalue weighted by Gasteiger charge is 2.31. The summed E-state index contributed by atoms with van der Waals surface area (Å²) in [6.45, 7) is 3.65. The Morgan fingerprint density at radius 1 is 1.04 bits per heavy atom. The summed E-state index contributed by atoms with van der Waals surface area (Å²) in [5.74, 6) is 0. The van der Waals surface area contributed by atoms with Gasteiger partial charge in [0.2, 0.25) is 10.0 Å².